The van der Waals surface area contributed by atoms with E-state index in [1.807, 2.05) is 18.2 Å². The summed E-state index contributed by atoms with van der Waals surface area (Å²) in [4.78, 5) is 41.9. The number of ether oxygens (including phenoxy) is 1. The average Bonchev–Trinajstić information content (AvgIpc) is 3.64. The number of aliphatic hydroxyl groups excluding tert-OH is 1. The lowest BCUT2D eigenvalue weighted by Crippen LogP contribution is -2.39. The van der Waals surface area contributed by atoms with Crippen LogP contribution in [0.15, 0.2) is 59.0 Å². The molecule has 0 bridgehead atoms. The summed E-state index contributed by atoms with van der Waals surface area (Å²) in [5.41, 5.74) is 8.75. The van der Waals surface area contributed by atoms with Gasteiger partial charge in [-0.05, 0) is 102 Å². The van der Waals surface area contributed by atoms with E-state index in [4.69, 9.17) is 14.5 Å². The van der Waals surface area contributed by atoms with Gasteiger partial charge in [-0.2, -0.15) is 0 Å². The number of H-pyrrole nitrogens is 1. The molecule has 3 aromatic rings. The molecule has 2 aromatic heterocycles. The molecule has 46 heavy (non-hydrogen) atoms. The molecular weight excluding hydrogens is 578 g/mol. The van der Waals surface area contributed by atoms with Gasteiger partial charge in [0.05, 0.1) is 31.1 Å². The number of Topliss-reactive ketones (excluding diaryl/α,β-unsaturated/α-hetero) is 1. The molecular formula is C38H47N3O5. The third-order valence-corrected chi connectivity index (χ3v) is 9.65. The van der Waals surface area contributed by atoms with Crippen LogP contribution in [-0.4, -0.2) is 59.0 Å². The number of allylic oxidation sites excluding steroid dienone is 1. The smallest absolute Gasteiger partial charge is 0.247 e. The number of hydrogen-bond acceptors (Lipinski definition) is 7. The number of aromatic nitrogens is 2. The first kappa shape index (κ1) is 33.6. The van der Waals surface area contributed by atoms with Gasteiger partial charge in [-0.25, -0.2) is 0 Å². The number of rotatable bonds is 9. The van der Waals surface area contributed by atoms with Gasteiger partial charge in [-0.3, -0.25) is 14.6 Å². The minimum atomic E-state index is -0.504. The van der Waals surface area contributed by atoms with Crippen molar-refractivity contribution in [2.45, 2.75) is 84.3 Å². The summed E-state index contributed by atoms with van der Waals surface area (Å²) in [7, 11) is 0. The first-order valence-electron chi connectivity index (χ1n) is 16.5. The second-order valence-corrected chi connectivity index (χ2v) is 13.9. The highest BCUT2D eigenvalue weighted by atomic mass is 16.5. The number of benzene rings is 1. The Kier molecular flexibility index (Phi) is 10.8. The Hall–Kier alpha value is -3.72. The number of pyridine rings is 2. The van der Waals surface area contributed by atoms with Crippen LogP contribution < -0.4 is 10.9 Å². The van der Waals surface area contributed by atoms with E-state index < -0.39 is 6.10 Å². The van der Waals surface area contributed by atoms with Gasteiger partial charge in [0, 0.05) is 36.4 Å². The fraction of sp³-hybridized carbons (Fsp3) is 0.474. The lowest BCUT2D eigenvalue weighted by molar-refractivity contribution is -0.116. The molecule has 3 aliphatic rings. The fourth-order valence-electron chi connectivity index (χ4n) is 6.79. The van der Waals surface area contributed by atoms with Crippen molar-refractivity contribution in [3.05, 3.63) is 92.7 Å². The predicted octanol–water partition coefficient (Wildman–Crippen LogP) is 5.22. The summed E-state index contributed by atoms with van der Waals surface area (Å²) in [6.07, 6.45) is 9.05. The maximum atomic E-state index is 13.8. The van der Waals surface area contributed by atoms with Crippen molar-refractivity contribution < 1.29 is 19.4 Å². The third kappa shape index (κ3) is 8.16. The van der Waals surface area contributed by atoms with Gasteiger partial charge in [0.2, 0.25) is 5.56 Å². The maximum absolute atomic E-state index is 13.8. The highest BCUT2D eigenvalue weighted by Crippen LogP contribution is 2.39. The molecule has 4 atom stereocenters. The van der Waals surface area contributed by atoms with E-state index in [0.29, 0.717) is 38.5 Å². The molecule has 8 heteroatoms. The molecule has 244 valence electrons. The number of nitrogens with zero attached hydrogens (tertiary/aromatic N) is 1. The molecule has 1 saturated heterocycles. The Morgan fingerprint density at radius 1 is 1.13 bits per heavy atom. The quantitative estimate of drug-likeness (QED) is 0.279. The van der Waals surface area contributed by atoms with E-state index in [-0.39, 0.29) is 28.7 Å². The number of hydrogen-bond donors (Lipinski definition) is 3. The molecule has 1 fully saturated rings. The van der Waals surface area contributed by atoms with Crippen molar-refractivity contribution in [3.8, 4) is 11.1 Å². The number of aromatic amines is 1. The van der Waals surface area contributed by atoms with Crippen LogP contribution in [0.25, 0.3) is 17.2 Å². The normalized spacial score (nSPS) is 21.0. The lowest BCUT2D eigenvalue weighted by atomic mass is 9.71. The Bertz CT molecular complexity index is 1600. The van der Waals surface area contributed by atoms with E-state index in [0.717, 1.165) is 59.1 Å². The standard InChI is InChI=1S/C36H43N3O4.C2H4O/c1-36(2,3)29-9-10-30-27(16-29)14-26-15-28(17-31(26)39-30)33(40)18-24(12-13-37-32-20-43-21-34(32)41)22-4-6-23(7-5-22)25-8-11-35(42)38-19-25;1-2-3/h4-8,11,14-15,19,24,29,32,34,37,41H,9-10,12-13,16-18,20-21H2,1-3H3,(H,38,42);2H,1H3/t24-,29-,32-,34-;/m0./s1. The van der Waals surface area contributed by atoms with Gasteiger partial charge in [0.25, 0.3) is 0 Å². The third-order valence-electron chi connectivity index (χ3n) is 9.65. The van der Waals surface area contributed by atoms with Crippen molar-refractivity contribution >= 4 is 18.1 Å². The van der Waals surface area contributed by atoms with Crippen LogP contribution in [0.3, 0.4) is 0 Å². The van der Waals surface area contributed by atoms with Crippen molar-refractivity contribution in [2.24, 2.45) is 11.3 Å². The molecule has 0 radical (unpaired) electrons. The molecule has 3 N–H and O–H groups in total. The first-order valence-corrected chi connectivity index (χ1v) is 16.5. The second kappa shape index (κ2) is 14.8. The topological polar surface area (TPSA) is 121 Å². The van der Waals surface area contributed by atoms with E-state index in [2.05, 4.69) is 55.3 Å². The number of carbonyl (C=O) groups excluding carboxylic acids is 2. The zero-order valence-corrected chi connectivity index (χ0v) is 27.5. The van der Waals surface area contributed by atoms with Crippen LogP contribution >= 0.6 is 0 Å². The van der Waals surface area contributed by atoms with Crippen LogP contribution in [0.5, 0.6) is 0 Å². The van der Waals surface area contributed by atoms with Crippen molar-refractivity contribution in [1.29, 1.82) is 0 Å². The van der Waals surface area contributed by atoms with Crippen LogP contribution in [0.1, 0.15) is 81.0 Å². The largest absolute Gasteiger partial charge is 0.389 e. The van der Waals surface area contributed by atoms with Crippen molar-refractivity contribution in [1.82, 2.24) is 15.3 Å². The number of nitrogens with one attached hydrogen (secondary N) is 2. The van der Waals surface area contributed by atoms with Gasteiger partial charge in [0.1, 0.15) is 6.29 Å². The number of aliphatic hydroxyl groups is 1. The summed E-state index contributed by atoms with van der Waals surface area (Å²) in [6.45, 7) is 9.95. The molecule has 0 amide bonds. The molecule has 0 spiro atoms. The van der Waals surface area contributed by atoms with Crippen LogP contribution in [-0.2, 0) is 33.6 Å². The van der Waals surface area contributed by atoms with Gasteiger partial charge in [0.15, 0.2) is 5.78 Å². The number of fused-ring (bicyclic) bond motifs is 2. The Morgan fingerprint density at radius 2 is 1.87 bits per heavy atom. The van der Waals surface area contributed by atoms with Crippen molar-refractivity contribution in [2.75, 3.05) is 19.8 Å². The number of aryl methyl sites for hydroxylation is 1. The van der Waals surface area contributed by atoms with Crippen molar-refractivity contribution in [3.63, 3.8) is 0 Å². The average molecular weight is 626 g/mol. The molecule has 2 aliphatic carbocycles. The predicted molar refractivity (Wildman–Crippen MR) is 181 cm³/mol. The highest BCUT2D eigenvalue weighted by molar-refractivity contribution is 6.02. The molecule has 6 rings (SSSR count). The molecule has 3 heterocycles. The minimum Gasteiger partial charge on any atom is -0.389 e. The highest BCUT2D eigenvalue weighted by Gasteiger charge is 2.31. The van der Waals surface area contributed by atoms with E-state index in [9.17, 15) is 14.7 Å². The number of aldehydes is 1. The summed E-state index contributed by atoms with van der Waals surface area (Å²) >= 11 is 0. The zero-order chi connectivity index (χ0) is 32.8. The van der Waals surface area contributed by atoms with E-state index in [1.54, 1.807) is 6.20 Å². The summed E-state index contributed by atoms with van der Waals surface area (Å²) < 4.78 is 5.39. The monoisotopic (exact) mass is 625 g/mol. The van der Waals surface area contributed by atoms with Gasteiger partial charge in [-0.1, -0.05) is 45.0 Å². The molecule has 1 aliphatic heterocycles. The molecule has 0 saturated carbocycles. The molecule has 0 unspecified atom stereocenters. The number of ketones is 1. The Balaban J connectivity index is 0.00000134. The summed E-state index contributed by atoms with van der Waals surface area (Å²) in [6, 6.07) is 13.8. The second-order valence-electron chi connectivity index (χ2n) is 13.9. The first-order chi connectivity index (χ1) is 22.0. The summed E-state index contributed by atoms with van der Waals surface area (Å²) in [5.74, 6) is 0.832. The van der Waals surface area contributed by atoms with Crippen LogP contribution in [0, 0.1) is 11.3 Å². The zero-order valence-electron chi connectivity index (χ0n) is 27.5. The van der Waals surface area contributed by atoms with E-state index >= 15 is 0 Å². The number of carbonyl (C=O) groups is 2. The fourth-order valence-corrected chi connectivity index (χ4v) is 6.79. The Labute approximate surface area is 271 Å². The molecule has 8 nitrogen and oxygen atoms in total. The summed E-state index contributed by atoms with van der Waals surface area (Å²) in [5, 5.41) is 13.6. The SMILES string of the molecule is CC(C)(C)[C@H]1CCc2nc3c(cc2C1)C=C(C(=O)C[C@H](CCN[C@H]1COC[C@@H]1O)c1ccc(-c2ccc(=O)[nH]c2)cc1)C3.CC=O. The van der Waals surface area contributed by atoms with Crippen LogP contribution in [0.2, 0.25) is 0 Å². The maximum Gasteiger partial charge on any atom is 0.247 e. The van der Waals surface area contributed by atoms with Gasteiger partial charge >= 0.3 is 0 Å². The van der Waals surface area contributed by atoms with Gasteiger partial charge < -0.3 is 24.9 Å². The Morgan fingerprint density at radius 3 is 2.52 bits per heavy atom. The van der Waals surface area contributed by atoms with E-state index in [1.165, 1.54) is 30.7 Å². The molecule has 1 aromatic carbocycles. The van der Waals surface area contributed by atoms with Gasteiger partial charge in [-0.15, -0.1) is 0 Å². The lowest BCUT2D eigenvalue weighted by Gasteiger charge is -2.34. The minimum absolute atomic E-state index is 0.0161. The van der Waals surface area contributed by atoms with Crippen LogP contribution in [0.4, 0.5) is 0 Å².